The van der Waals surface area contributed by atoms with Gasteiger partial charge in [0.1, 0.15) is 12.3 Å². The number of carbonyl (C=O) groups excluding carboxylic acids is 1. The Morgan fingerprint density at radius 1 is 1.33 bits per heavy atom. The van der Waals surface area contributed by atoms with Crippen molar-refractivity contribution in [3.05, 3.63) is 41.5 Å². The number of rotatable bonds is 2. The number of aliphatic imine (C=N–C) groups is 1. The molecule has 3 heteroatoms. The van der Waals surface area contributed by atoms with Crippen LogP contribution >= 0.6 is 0 Å². The molecular formula is C12H11NO2. The van der Waals surface area contributed by atoms with Crippen molar-refractivity contribution in [1.82, 2.24) is 0 Å². The number of hydrogen-bond donors (Lipinski definition) is 0. The summed E-state index contributed by atoms with van der Waals surface area (Å²) in [6.07, 6.45) is 2.74. The molecule has 0 aliphatic carbocycles. The van der Waals surface area contributed by atoms with Crippen LogP contribution in [-0.4, -0.2) is 25.3 Å². The number of ether oxygens (including phenoxy) is 1. The Bertz CT molecular complexity index is 421. The molecule has 1 heterocycles. The Labute approximate surface area is 88.1 Å². The number of carbonyl (C=O) groups is 1. The van der Waals surface area contributed by atoms with Crippen molar-refractivity contribution in [2.24, 2.45) is 4.99 Å². The summed E-state index contributed by atoms with van der Waals surface area (Å²) in [5.74, 6) is 0.552. The van der Waals surface area contributed by atoms with Gasteiger partial charge in [-0.1, -0.05) is 30.3 Å². The van der Waals surface area contributed by atoms with Crippen molar-refractivity contribution >= 4 is 18.3 Å². The number of hydrogen-bond acceptors (Lipinski definition) is 3. The second-order valence-electron chi connectivity index (χ2n) is 3.23. The first-order valence-corrected chi connectivity index (χ1v) is 4.69. The average molecular weight is 201 g/mol. The van der Waals surface area contributed by atoms with Gasteiger partial charge < -0.3 is 9.53 Å². The zero-order valence-electron chi connectivity index (χ0n) is 8.38. The smallest absolute Gasteiger partial charge is 0.215 e. The first-order chi connectivity index (χ1) is 7.35. The monoisotopic (exact) mass is 201 g/mol. The summed E-state index contributed by atoms with van der Waals surface area (Å²) in [6.45, 7) is 0. The van der Waals surface area contributed by atoms with Gasteiger partial charge in [-0.2, -0.15) is 0 Å². The normalized spacial score (nSPS) is 21.8. The lowest BCUT2D eigenvalue weighted by Crippen LogP contribution is -2.30. The molecule has 1 aromatic rings. The molecule has 1 aliphatic rings. The van der Waals surface area contributed by atoms with Gasteiger partial charge >= 0.3 is 0 Å². The average Bonchev–Trinajstić information content (AvgIpc) is 2.27. The van der Waals surface area contributed by atoms with Crippen molar-refractivity contribution in [3.63, 3.8) is 0 Å². The predicted molar refractivity (Wildman–Crippen MR) is 58.7 cm³/mol. The van der Waals surface area contributed by atoms with Crippen molar-refractivity contribution in [1.29, 1.82) is 0 Å². The third kappa shape index (κ3) is 1.81. The maximum absolute atomic E-state index is 10.6. The van der Waals surface area contributed by atoms with Crippen LogP contribution in [0.2, 0.25) is 0 Å². The van der Waals surface area contributed by atoms with Crippen LogP contribution in [0.5, 0.6) is 0 Å². The molecule has 76 valence electrons. The highest BCUT2D eigenvalue weighted by molar-refractivity contribution is 6.08. The van der Waals surface area contributed by atoms with Gasteiger partial charge in [-0.3, -0.25) is 0 Å². The van der Waals surface area contributed by atoms with E-state index < -0.39 is 0 Å². The first-order valence-electron chi connectivity index (χ1n) is 4.69. The van der Waals surface area contributed by atoms with Gasteiger partial charge in [0.25, 0.3) is 0 Å². The van der Waals surface area contributed by atoms with Gasteiger partial charge in [0.15, 0.2) is 0 Å². The molecule has 0 aromatic heterocycles. The number of nitrogens with zero attached hydrogens (tertiary/aromatic N) is 1. The fourth-order valence-electron chi connectivity index (χ4n) is 1.48. The number of methoxy groups -OCH3 is 1. The molecule has 1 aliphatic heterocycles. The molecule has 1 unspecified atom stereocenters. The fourth-order valence-corrected chi connectivity index (χ4v) is 1.48. The first kappa shape index (κ1) is 9.65. The van der Waals surface area contributed by atoms with E-state index in [1.165, 1.54) is 0 Å². The van der Waals surface area contributed by atoms with Gasteiger partial charge in [0, 0.05) is 5.57 Å². The van der Waals surface area contributed by atoms with E-state index in [2.05, 4.69) is 4.99 Å². The van der Waals surface area contributed by atoms with Gasteiger partial charge in [0.2, 0.25) is 5.90 Å². The summed E-state index contributed by atoms with van der Waals surface area (Å²) in [5, 5.41) is 0. The second kappa shape index (κ2) is 4.09. The maximum atomic E-state index is 10.6. The van der Waals surface area contributed by atoms with Crippen LogP contribution in [-0.2, 0) is 9.53 Å². The van der Waals surface area contributed by atoms with E-state index in [9.17, 15) is 4.79 Å². The van der Waals surface area contributed by atoms with Crippen LogP contribution in [0.4, 0.5) is 0 Å². The van der Waals surface area contributed by atoms with E-state index >= 15 is 0 Å². The molecule has 15 heavy (non-hydrogen) atoms. The molecule has 0 radical (unpaired) electrons. The maximum Gasteiger partial charge on any atom is 0.215 e. The van der Waals surface area contributed by atoms with Crippen LogP contribution < -0.4 is 0 Å². The van der Waals surface area contributed by atoms with Crippen molar-refractivity contribution in [3.8, 4) is 0 Å². The Hall–Kier alpha value is -1.90. The van der Waals surface area contributed by atoms with Crippen LogP contribution in [0.15, 0.2) is 40.9 Å². The summed E-state index contributed by atoms with van der Waals surface area (Å²) in [4.78, 5) is 14.6. The summed E-state index contributed by atoms with van der Waals surface area (Å²) < 4.78 is 5.03. The highest BCUT2D eigenvalue weighted by Gasteiger charge is 2.28. The minimum atomic E-state index is -0.361. The van der Waals surface area contributed by atoms with E-state index in [0.29, 0.717) is 5.90 Å². The van der Waals surface area contributed by atoms with Crippen molar-refractivity contribution in [2.45, 2.75) is 6.04 Å². The van der Waals surface area contributed by atoms with E-state index in [1.54, 1.807) is 7.11 Å². The minimum Gasteiger partial charge on any atom is -0.481 e. The molecule has 0 fully saturated rings. The quantitative estimate of drug-likeness (QED) is 0.683. The lowest BCUT2D eigenvalue weighted by Gasteiger charge is -2.22. The summed E-state index contributed by atoms with van der Waals surface area (Å²) in [5.41, 5.74) is 1.89. The summed E-state index contributed by atoms with van der Waals surface area (Å²) in [7, 11) is 1.55. The Morgan fingerprint density at radius 2 is 2.07 bits per heavy atom. The molecular weight excluding hydrogens is 190 g/mol. The number of aldehydes is 1. The summed E-state index contributed by atoms with van der Waals surface area (Å²) >= 11 is 0. The van der Waals surface area contributed by atoms with Crippen molar-refractivity contribution < 1.29 is 9.53 Å². The zero-order valence-corrected chi connectivity index (χ0v) is 8.38. The molecule has 3 nitrogen and oxygen atoms in total. The minimum absolute atomic E-state index is 0.361. The SMILES string of the molecule is COC1=NC(C=O)C1=Cc1ccccc1. The second-order valence-corrected chi connectivity index (χ2v) is 3.23. The standard InChI is InChI=1S/C12H11NO2/c1-15-12-10(11(8-14)13-12)7-9-5-3-2-4-6-9/h2-8,11H,1H3. The van der Waals surface area contributed by atoms with Crippen LogP contribution in [0.25, 0.3) is 6.08 Å². The Morgan fingerprint density at radius 3 is 2.67 bits per heavy atom. The summed E-state index contributed by atoms with van der Waals surface area (Å²) in [6, 6.07) is 9.43. The largest absolute Gasteiger partial charge is 0.481 e. The Balaban J connectivity index is 2.28. The molecule has 0 saturated carbocycles. The topological polar surface area (TPSA) is 38.7 Å². The Kier molecular flexibility index (Phi) is 2.63. The van der Waals surface area contributed by atoms with Crippen molar-refractivity contribution in [2.75, 3.05) is 7.11 Å². The fraction of sp³-hybridized carbons (Fsp3) is 0.167. The molecule has 2 rings (SSSR count). The van der Waals surface area contributed by atoms with E-state index in [4.69, 9.17) is 4.74 Å². The van der Waals surface area contributed by atoms with Gasteiger partial charge in [0.05, 0.1) is 7.11 Å². The lowest BCUT2D eigenvalue weighted by molar-refractivity contribution is -0.108. The van der Waals surface area contributed by atoms with E-state index in [0.717, 1.165) is 17.4 Å². The highest BCUT2D eigenvalue weighted by Crippen LogP contribution is 2.22. The van der Waals surface area contributed by atoms with Gasteiger partial charge in [-0.15, -0.1) is 0 Å². The van der Waals surface area contributed by atoms with Gasteiger partial charge in [-0.05, 0) is 11.6 Å². The molecule has 0 spiro atoms. The van der Waals surface area contributed by atoms with Gasteiger partial charge in [-0.25, -0.2) is 4.99 Å². The van der Waals surface area contributed by atoms with E-state index in [-0.39, 0.29) is 6.04 Å². The van der Waals surface area contributed by atoms with Crippen LogP contribution in [0, 0.1) is 0 Å². The molecule has 0 bridgehead atoms. The third-order valence-electron chi connectivity index (χ3n) is 2.27. The zero-order chi connectivity index (χ0) is 10.7. The predicted octanol–water partition coefficient (Wildman–Crippen LogP) is 1.70. The van der Waals surface area contributed by atoms with Crippen LogP contribution in [0.1, 0.15) is 5.56 Å². The van der Waals surface area contributed by atoms with Crippen LogP contribution in [0.3, 0.4) is 0 Å². The third-order valence-corrected chi connectivity index (χ3v) is 2.27. The number of benzene rings is 1. The van der Waals surface area contributed by atoms with E-state index in [1.807, 2.05) is 36.4 Å². The molecule has 0 N–H and O–H groups in total. The molecule has 0 amide bonds. The highest BCUT2D eigenvalue weighted by atomic mass is 16.5. The molecule has 1 atom stereocenters. The molecule has 0 saturated heterocycles. The molecule has 1 aromatic carbocycles. The lowest BCUT2D eigenvalue weighted by atomic mass is 10.00.